The number of Topliss-reactive ketones (excluding diaryl/α,β-unsaturated/α-hetero) is 1. The van der Waals surface area contributed by atoms with Crippen LogP contribution in [-0.2, 0) is 14.8 Å². The van der Waals surface area contributed by atoms with Gasteiger partial charge in [-0.3, -0.25) is 4.79 Å². The molecule has 1 saturated carbocycles. The standard InChI is InChI=1S/C11H21NO3S/c1-9(2)7-8-16(14,15)12-10-3-5-11(13)6-4-10/h9-10,12H,3-8H2,1-2H3. The normalized spacial score (nSPS) is 19.3. The van der Waals surface area contributed by atoms with Gasteiger partial charge in [0.1, 0.15) is 5.78 Å². The first-order chi connectivity index (χ1) is 7.39. The highest BCUT2D eigenvalue weighted by atomic mass is 32.2. The number of hydrogen-bond acceptors (Lipinski definition) is 3. The largest absolute Gasteiger partial charge is 0.300 e. The summed E-state index contributed by atoms with van der Waals surface area (Å²) in [6.45, 7) is 4.02. The van der Waals surface area contributed by atoms with Gasteiger partial charge < -0.3 is 0 Å². The van der Waals surface area contributed by atoms with Crippen molar-refractivity contribution in [1.82, 2.24) is 4.72 Å². The molecule has 94 valence electrons. The minimum absolute atomic E-state index is 0.0325. The van der Waals surface area contributed by atoms with Crippen molar-refractivity contribution in [1.29, 1.82) is 0 Å². The van der Waals surface area contributed by atoms with Crippen molar-refractivity contribution in [2.24, 2.45) is 5.92 Å². The van der Waals surface area contributed by atoms with Crippen molar-refractivity contribution < 1.29 is 13.2 Å². The average Bonchev–Trinajstić information content (AvgIpc) is 2.19. The Labute approximate surface area is 97.9 Å². The van der Waals surface area contributed by atoms with E-state index in [1.165, 1.54) is 0 Å². The molecule has 0 amide bonds. The molecular formula is C11H21NO3S. The van der Waals surface area contributed by atoms with Crippen LogP contribution >= 0.6 is 0 Å². The summed E-state index contributed by atoms with van der Waals surface area (Å²) in [7, 11) is -3.16. The molecule has 0 aromatic heterocycles. The van der Waals surface area contributed by atoms with E-state index in [0.717, 1.165) is 0 Å². The second kappa shape index (κ2) is 5.77. The number of rotatable bonds is 5. The zero-order chi connectivity index (χ0) is 12.2. The molecule has 0 spiro atoms. The Morgan fingerprint density at radius 3 is 2.38 bits per heavy atom. The predicted molar refractivity (Wildman–Crippen MR) is 63.6 cm³/mol. The number of carbonyl (C=O) groups is 1. The average molecular weight is 247 g/mol. The van der Waals surface area contributed by atoms with Crippen molar-refractivity contribution in [3.8, 4) is 0 Å². The van der Waals surface area contributed by atoms with Crippen LogP contribution in [0, 0.1) is 5.92 Å². The lowest BCUT2D eigenvalue weighted by atomic mass is 9.95. The van der Waals surface area contributed by atoms with Crippen LogP contribution in [0.4, 0.5) is 0 Å². The monoisotopic (exact) mass is 247 g/mol. The lowest BCUT2D eigenvalue weighted by molar-refractivity contribution is -0.120. The van der Waals surface area contributed by atoms with Crippen molar-refractivity contribution in [3.63, 3.8) is 0 Å². The first kappa shape index (κ1) is 13.6. The summed E-state index contributed by atoms with van der Waals surface area (Å²) in [6.07, 6.45) is 3.01. The molecule has 4 nitrogen and oxygen atoms in total. The third-order valence-corrected chi connectivity index (χ3v) is 4.32. The maximum atomic E-state index is 11.7. The number of ketones is 1. The fraction of sp³-hybridized carbons (Fsp3) is 0.909. The van der Waals surface area contributed by atoms with Crippen LogP contribution in [0.2, 0.25) is 0 Å². The predicted octanol–water partition coefficient (Wildman–Crippen LogP) is 1.46. The van der Waals surface area contributed by atoms with Crippen LogP contribution in [0.15, 0.2) is 0 Å². The maximum absolute atomic E-state index is 11.7. The van der Waals surface area contributed by atoms with Gasteiger partial charge in [0, 0.05) is 18.9 Å². The van der Waals surface area contributed by atoms with Crippen molar-refractivity contribution in [2.45, 2.75) is 52.0 Å². The fourth-order valence-electron chi connectivity index (χ4n) is 1.76. The topological polar surface area (TPSA) is 63.2 Å². The molecule has 1 aliphatic rings. The highest BCUT2D eigenvalue weighted by Gasteiger charge is 2.23. The number of carbonyl (C=O) groups excluding carboxylic acids is 1. The van der Waals surface area contributed by atoms with Crippen LogP contribution in [0.25, 0.3) is 0 Å². The molecular weight excluding hydrogens is 226 g/mol. The molecule has 0 atom stereocenters. The number of sulfonamides is 1. The molecule has 0 aliphatic heterocycles. The van der Waals surface area contributed by atoms with Gasteiger partial charge in [0.2, 0.25) is 10.0 Å². The summed E-state index contributed by atoms with van der Waals surface area (Å²) in [5.41, 5.74) is 0. The van der Waals surface area contributed by atoms with Crippen LogP contribution in [-0.4, -0.2) is 26.0 Å². The van der Waals surface area contributed by atoms with Gasteiger partial charge in [0.15, 0.2) is 0 Å². The quantitative estimate of drug-likeness (QED) is 0.800. The summed E-state index contributed by atoms with van der Waals surface area (Å²) in [4.78, 5) is 11.0. The minimum atomic E-state index is -3.16. The molecule has 1 rings (SSSR count). The van der Waals surface area contributed by atoms with Gasteiger partial charge in [0.05, 0.1) is 5.75 Å². The molecule has 0 bridgehead atoms. The first-order valence-electron chi connectivity index (χ1n) is 5.91. The Balaban J connectivity index is 2.37. The van der Waals surface area contributed by atoms with Crippen molar-refractivity contribution in [3.05, 3.63) is 0 Å². The molecule has 0 radical (unpaired) electrons. The molecule has 0 saturated heterocycles. The molecule has 5 heteroatoms. The third-order valence-electron chi connectivity index (χ3n) is 2.85. The van der Waals surface area contributed by atoms with E-state index < -0.39 is 10.0 Å². The second-order valence-electron chi connectivity index (χ2n) is 4.93. The van der Waals surface area contributed by atoms with Crippen LogP contribution in [0.3, 0.4) is 0 Å². The molecule has 0 aromatic carbocycles. The fourth-order valence-corrected chi connectivity index (χ4v) is 3.40. The second-order valence-corrected chi connectivity index (χ2v) is 6.81. The van der Waals surface area contributed by atoms with Crippen LogP contribution in [0.5, 0.6) is 0 Å². The van der Waals surface area contributed by atoms with E-state index in [9.17, 15) is 13.2 Å². The van der Waals surface area contributed by atoms with Crippen LogP contribution < -0.4 is 4.72 Å². The Kier molecular flexibility index (Phi) is 4.92. The zero-order valence-corrected chi connectivity index (χ0v) is 10.8. The smallest absolute Gasteiger partial charge is 0.211 e. The maximum Gasteiger partial charge on any atom is 0.211 e. The third kappa shape index (κ3) is 5.07. The van der Waals surface area contributed by atoms with Gasteiger partial charge in [-0.25, -0.2) is 13.1 Å². The Morgan fingerprint density at radius 1 is 1.31 bits per heavy atom. The van der Waals surface area contributed by atoms with E-state index in [1.807, 2.05) is 13.8 Å². The lowest BCUT2D eigenvalue weighted by Crippen LogP contribution is -2.39. The van der Waals surface area contributed by atoms with E-state index in [2.05, 4.69) is 4.72 Å². The van der Waals surface area contributed by atoms with E-state index in [-0.39, 0.29) is 17.6 Å². The van der Waals surface area contributed by atoms with Gasteiger partial charge in [-0.15, -0.1) is 0 Å². The van der Waals surface area contributed by atoms with Gasteiger partial charge in [-0.05, 0) is 25.2 Å². The van der Waals surface area contributed by atoms with Gasteiger partial charge in [0.25, 0.3) is 0 Å². The molecule has 0 aromatic rings. The van der Waals surface area contributed by atoms with E-state index in [4.69, 9.17) is 0 Å². The molecule has 1 fully saturated rings. The summed E-state index contributed by atoms with van der Waals surface area (Å²) in [6, 6.07) is -0.0325. The minimum Gasteiger partial charge on any atom is -0.300 e. The first-order valence-corrected chi connectivity index (χ1v) is 7.56. The zero-order valence-electron chi connectivity index (χ0n) is 10.0. The van der Waals surface area contributed by atoms with Crippen molar-refractivity contribution in [2.75, 3.05) is 5.75 Å². The SMILES string of the molecule is CC(C)CCS(=O)(=O)NC1CCC(=O)CC1. The highest BCUT2D eigenvalue weighted by molar-refractivity contribution is 7.89. The van der Waals surface area contributed by atoms with Gasteiger partial charge in [-0.2, -0.15) is 0 Å². The number of hydrogen-bond donors (Lipinski definition) is 1. The van der Waals surface area contributed by atoms with E-state index in [1.54, 1.807) is 0 Å². The Bertz CT molecular complexity index is 325. The Hall–Kier alpha value is -0.420. The molecule has 0 unspecified atom stereocenters. The molecule has 1 aliphatic carbocycles. The highest BCUT2D eigenvalue weighted by Crippen LogP contribution is 2.16. The van der Waals surface area contributed by atoms with E-state index >= 15 is 0 Å². The van der Waals surface area contributed by atoms with Gasteiger partial charge >= 0.3 is 0 Å². The van der Waals surface area contributed by atoms with E-state index in [0.29, 0.717) is 38.0 Å². The Morgan fingerprint density at radius 2 is 1.88 bits per heavy atom. The summed E-state index contributed by atoms with van der Waals surface area (Å²) in [5.74, 6) is 0.830. The van der Waals surface area contributed by atoms with Crippen molar-refractivity contribution >= 4 is 15.8 Å². The summed E-state index contributed by atoms with van der Waals surface area (Å²) >= 11 is 0. The molecule has 1 N–H and O–H groups in total. The summed E-state index contributed by atoms with van der Waals surface area (Å²) < 4.78 is 26.1. The molecule has 16 heavy (non-hydrogen) atoms. The number of nitrogens with one attached hydrogen (secondary N) is 1. The summed E-state index contributed by atoms with van der Waals surface area (Å²) in [5, 5.41) is 0. The lowest BCUT2D eigenvalue weighted by Gasteiger charge is -2.22. The van der Waals surface area contributed by atoms with Crippen LogP contribution in [0.1, 0.15) is 46.0 Å². The molecule has 0 heterocycles. The van der Waals surface area contributed by atoms with Gasteiger partial charge in [-0.1, -0.05) is 13.8 Å².